The number of hydrogen-bond acceptors (Lipinski definition) is 1. The fourth-order valence-corrected chi connectivity index (χ4v) is 9.21. The van der Waals surface area contributed by atoms with Crippen molar-refractivity contribution in [1.29, 1.82) is 0 Å². The standard InChI is InChI=1S/C24H28AsN/c1-16-12-18(3)23(19(4)13-16)25(26-22-10-8-7-9-11-22)24-20(5)14-17(2)15-21(24)6/h7-15,26H,1-6H3. The minimum atomic E-state index is -1.71. The van der Waals surface area contributed by atoms with Gasteiger partial charge in [-0.1, -0.05) is 0 Å². The predicted octanol–water partition coefficient (Wildman–Crippen LogP) is 4.75. The Hall–Kier alpha value is -1.98. The van der Waals surface area contributed by atoms with E-state index in [0.29, 0.717) is 0 Å². The molecule has 0 aromatic heterocycles. The van der Waals surface area contributed by atoms with E-state index in [0.717, 1.165) is 0 Å². The van der Waals surface area contributed by atoms with Crippen LogP contribution in [0.5, 0.6) is 0 Å². The Morgan fingerprint density at radius 2 is 0.962 bits per heavy atom. The second kappa shape index (κ2) is 7.72. The summed E-state index contributed by atoms with van der Waals surface area (Å²) in [7, 11) is 0. The summed E-state index contributed by atoms with van der Waals surface area (Å²) in [6.45, 7) is 13.4. The van der Waals surface area contributed by atoms with E-state index in [2.05, 4.69) is 100 Å². The fraction of sp³-hybridized carbons (Fsp3) is 0.250. The van der Waals surface area contributed by atoms with Crippen LogP contribution >= 0.6 is 0 Å². The SMILES string of the molecule is Cc1cc(C)c([As](Nc2ccccc2)c2c(C)cc(C)cc2C)c(C)c1. The summed E-state index contributed by atoms with van der Waals surface area (Å²) < 4.78 is 7.02. The number of anilines is 1. The van der Waals surface area contributed by atoms with Crippen molar-refractivity contribution < 1.29 is 0 Å². The van der Waals surface area contributed by atoms with Gasteiger partial charge in [0.2, 0.25) is 0 Å². The van der Waals surface area contributed by atoms with Crippen LogP contribution in [0, 0.1) is 41.5 Å². The van der Waals surface area contributed by atoms with Crippen LogP contribution in [0.1, 0.15) is 33.4 Å². The molecule has 1 N–H and O–H groups in total. The number of aryl methyl sites for hydroxylation is 6. The first-order valence-electron chi connectivity index (χ1n) is 9.14. The van der Waals surface area contributed by atoms with Crippen LogP contribution in [0.25, 0.3) is 0 Å². The molecule has 3 aromatic rings. The van der Waals surface area contributed by atoms with Crippen LogP contribution in [-0.4, -0.2) is 14.9 Å². The molecule has 0 unspecified atom stereocenters. The molecule has 0 bridgehead atoms. The summed E-state index contributed by atoms with van der Waals surface area (Å²) in [5.74, 6) is 0. The van der Waals surface area contributed by atoms with Crippen molar-refractivity contribution in [2.45, 2.75) is 41.5 Å². The molecule has 3 rings (SSSR count). The van der Waals surface area contributed by atoms with E-state index >= 15 is 0 Å². The van der Waals surface area contributed by atoms with E-state index in [1.165, 1.54) is 47.8 Å². The monoisotopic (exact) mass is 405 g/mol. The van der Waals surface area contributed by atoms with E-state index in [9.17, 15) is 0 Å². The minimum absolute atomic E-state index is 1.21. The average molecular weight is 405 g/mol. The van der Waals surface area contributed by atoms with Crippen LogP contribution in [0.2, 0.25) is 0 Å². The third kappa shape index (κ3) is 3.89. The normalized spacial score (nSPS) is 11.0. The second-order valence-corrected chi connectivity index (χ2v) is 11.1. The predicted molar refractivity (Wildman–Crippen MR) is 116 cm³/mol. The van der Waals surface area contributed by atoms with E-state index < -0.39 is 14.9 Å². The third-order valence-corrected chi connectivity index (χ3v) is 10.6. The number of nitrogens with one attached hydrogen (secondary N) is 1. The van der Waals surface area contributed by atoms with Crippen LogP contribution in [-0.2, 0) is 0 Å². The van der Waals surface area contributed by atoms with Gasteiger partial charge in [0, 0.05) is 0 Å². The van der Waals surface area contributed by atoms with Crippen molar-refractivity contribution >= 4 is 29.3 Å². The molecule has 0 saturated heterocycles. The van der Waals surface area contributed by atoms with Crippen molar-refractivity contribution in [3.63, 3.8) is 0 Å². The Bertz CT molecular complexity index is 825. The number of hydrogen-bond donors (Lipinski definition) is 1. The number of para-hydroxylation sites is 1. The van der Waals surface area contributed by atoms with E-state index in [1.54, 1.807) is 0 Å². The van der Waals surface area contributed by atoms with Gasteiger partial charge < -0.3 is 0 Å². The molecule has 0 spiro atoms. The molecule has 134 valence electrons. The average Bonchev–Trinajstić information content (AvgIpc) is 2.53. The number of rotatable bonds is 4. The molecule has 0 atom stereocenters. The van der Waals surface area contributed by atoms with Gasteiger partial charge in [-0.25, -0.2) is 0 Å². The molecule has 3 aromatic carbocycles. The topological polar surface area (TPSA) is 12.0 Å². The first-order chi connectivity index (χ1) is 12.4. The van der Waals surface area contributed by atoms with E-state index in [4.69, 9.17) is 0 Å². The molecule has 0 amide bonds. The van der Waals surface area contributed by atoms with Crippen LogP contribution in [0.4, 0.5) is 5.69 Å². The Morgan fingerprint density at radius 1 is 0.577 bits per heavy atom. The molecule has 0 radical (unpaired) electrons. The molecule has 0 saturated carbocycles. The zero-order valence-electron chi connectivity index (χ0n) is 16.6. The summed E-state index contributed by atoms with van der Waals surface area (Å²) in [5, 5.41) is 0. The summed E-state index contributed by atoms with van der Waals surface area (Å²) in [6, 6.07) is 20.0. The third-order valence-electron chi connectivity index (χ3n) is 4.73. The molecular weight excluding hydrogens is 377 g/mol. The van der Waals surface area contributed by atoms with Gasteiger partial charge in [-0.05, 0) is 0 Å². The first-order valence-corrected chi connectivity index (χ1v) is 12.0. The summed E-state index contributed by atoms with van der Waals surface area (Å²) in [5.41, 5.74) is 9.53. The summed E-state index contributed by atoms with van der Waals surface area (Å²) >= 11 is -1.71. The Morgan fingerprint density at radius 3 is 1.35 bits per heavy atom. The van der Waals surface area contributed by atoms with Crippen LogP contribution < -0.4 is 12.9 Å². The Balaban J connectivity index is 2.21. The Kier molecular flexibility index (Phi) is 5.58. The van der Waals surface area contributed by atoms with Gasteiger partial charge >= 0.3 is 163 Å². The van der Waals surface area contributed by atoms with Crippen molar-refractivity contribution in [2.24, 2.45) is 0 Å². The van der Waals surface area contributed by atoms with Gasteiger partial charge in [0.1, 0.15) is 0 Å². The molecule has 0 fully saturated rings. The molecule has 26 heavy (non-hydrogen) atoms. The van der Waals surface area contributed by atoms with Gasteiger partial charge in [0.15, 0.2) is 0 Å². The van der Waals surface area contributed by atoms with Gasteiger partial charge in [0.05, 0.1) is 0 Å². The van der Waals surface area contributed by atoms with Crippen LogP contribution in [0.3, 0.4) is 0 Å². The van der Waals surface area contributed by atoms with Crippen molar-refractivity contribution in [3.8, 4) is 0 Å². The maximum atomic E-state index is 3.96. The van der Waals surface area contributed by atoms with Crippen LogP contribution in [0.15, 0.2) is 54.6 Å². The molecule has 1 nitrogen and oxygen atoms in total. The molecule has 2 heteroatoms. The number of benzene rings is 3. The van der Waals surface area contributed by atoms with Gasteiger partial charge in [0.25, 0.3) is 0 Å². The zero-order valence-corrected chi connectivity index (χ0v) is 18.5. The quantitative estimate of drug-likeness (QED) is 0.618. The molecule has 0 aliphatic heterocycles. The fourth-order valence-electron chi connectivity index (χ4n) is 3.92. The Labute approximate surface area is 163 Å². The van der Waals surface area contributed by atoms with Crippen molar-refractivity contribution in [1.82, 2.24) is 0 Å². The van der Waals surface area contributed by atoms with Crippen molar-refractivity contribution in [3.05, 3.63) is 88.0 Å². The van der Waals surface area contributed by atoms with E-state index in [1.807, 2.05) is 0 Å². The first kappa shape index (κ1) is 18.8. The van der Waals surface area contributed by atoms with Gasteiger partial charge in [-0.3, -0.25) is 0 Å². The van der Waals surface area contributed by atoms with Gasteiger partial charge in [-0.15, -0.1) is 0 Å². The molecule has 0 aliphatic rings. The summed E-state index contributed by atoms with van der Waals surface area (Å²) in [4.78, 5) is 0. The van der Waals surface area contributed by atoms with E-state index in [-0.39, 0.29) is 0 Å². The van der Waals surface area contributed by atoms with Crippen molar-refractivity contribution in [2.75, 3.05) is 4.23 Å². The second-order valence-electron chi connectivity index (χ2n) is 7.31. The summed E-state index contributed by atoms with van der Waals surface area (Å²) in [6.07, 6.45) is 0. The molecular formula is C24H28AsN. The van der Waals surface area contributed by atoms with Gasteiger partial charge in [-0.2, -0.15) is 0 Å². The zero-order chi connectivity index (χ0) is 18.8. The molecule has 0 aliphatic carbocycles. The maximum absolute atomic E-state index is 3.96. The molecule has 0 heterocycles.